The van der Waals surface area contributed by atoms with E-state index in [4.69, 9.17) is 9.47 Å². The second-order valence-electron chi connectivity index (χ2n) is 2.49. The van der Waals surface area contributed by atoms with Crippen LogP contribution in [0.5, 0.6) is 0 Å². The fraction of sp³-hybridized carbons (Fsp3) is 0.750. The Labute approximate surface area is 61.8 Å². The summed E-state index contributed by atoms with van der Waals surface area (Å²) in [5.41, 5.74) is 0. The molecule has 2 atom stereocenters. The molecular formula is C8H14O2. The van der Waals surface area contributed by atoms with Gasteiger partial charge in [0.05, 0.1) is 18.8 Å². The van der Waals surface area contributed by atoms with Gasteiger partial charge in [0.1, 0.15) is 0 Å². The molecule has 1 aliphatic rings. The van der Waals surface area contributed by atoms with Gasteiger partial charge in [-0.2, -0.15) is 0 Å². The van der Waals surface area contributed by atoms with Gasteiger partial charge >= 0.3 is 0 Å². The van der Waals surface area contributed by atoms with Gasteiger partial charge in [0.25, 0.3) is 0 Å². The minimum atomic E-state index is 0.248. The first kappa shape index (κ1) is 7.76. The maximum absolute atomic E-state index is 5.17. The molecule has 2 nitrogen and oxygen atoms in total. The number of ether oxygens (including phenoxy) is 2. The van der Waals surface area contributed by atoms with Crippen molar-refractivity contribution < 1.29 is 9.47 Å². The van der Waals surface area contributed by atoms with Gasteiger partial charge in [-0.25, -0.2) is 0 Å². The zero-order valence-electron chi connectivity index (χ0n) is 6.54. The van der Waals surface area contributed by atoms with Crippen LogP contribution in [0.4, 0.5) is 0 Å². The van der Waals surface area contributed by atoms with Crippen LogP contribution in [-0.2, 0) is 9.47 Å². The Kier molecular flexibility index (Phi) is 2.90. The molecule has 1 saturated heterocycles. The van der Waals surface area contributed by atoms with Gasteiger partial charge in [0.2, 0.25) is 0 Å². The van der Waals surface area contributed by atoms with Crippen LogP contribution in [-0.4, -0.2) is 25.9 Å². The smallest absolute Gasteiger partial charge is 0.0837 e. The molecule has 1 rings (SSSR count). The summed E-state index contributed by atoms with van der Waals surface area (Å²) >= 11 is 0. The molecule has 1 aliphatic heterocycles. The molecule has 0 N–H and O–H groups in total. The van der Waals surface area contributed by atoms with Crippen molar-refractivity contribution in [2.45, 2.75) is 25.6 Å². The molecule has 0 aliphatic carbocycles. The topological polar surface area (TPSA) is 21.8 Å². The molecule has 0 aromatic carbocycles. The van der Waals surface area contributed by atoms with Gasteiger partial charge in [-0.05, 0) is 6.92 Å². The average Bonchev–Trinajstić information content (AvgIpc) is 2.71. The Morgan fingerprint density at radius 3 is 2.90 bits per heavy atom. The standard InChI is InChI=1S/C8H14O2/c1-3-4-7(9-2)5-8-6-10-8/h3-4,7-8H,5-6H2,1-2H3. The lowest BCUT2D eigenvalue weighted by molar-refractivity contribution is 0.125. The normalized spacial score (nSPS) is 27.2. The third kappa shape index (κ3) is 2.50. The maximum atomic E-state index is 5.17. The molecule has 58 valence electrons. The van der Waals surface area contributed by atoms with Crippen molar-refractivity contribution >= 4 is 0 Å². The number of hydrogen-bond donors (Lipinski definition) is 0. The van der Waals surface area contributed by atoms with Crippen LogP contribution in [0.25, 0.3) is 0 Å². The van der Waals surface area contributed by atoms with Crippen molar-refractivity contribution in [1.29, 1.82) is 0 Å². The summed E-state index contributed by atoms with van der Waals surface area (Å²) in [4.78, 5) is 0. The van der Waals surface area contributed by atoms with Gasteiger partial charge < -0.3 is 9.47 Å². The highest BCUT2D eigenvalue weighted by Crippen LogP contribution is 2.17. The lowest BCUT2D eigenvalue weighted by Crippen LogP contribution is -2.09. The molecule has 0 saturated carbocycles. The van der Waals surface area contributed by atoms with Crippen LogP contribution in [0.1, 0.15) is 13.3 Å². The second kappa shape index (κ2) is 3.74. The van der Waals surface area contributed by atoms with Crippen LogP contribution >= 0.6 is 0 Å². The average molecular weight is 142 g/mol. The Hall–Kier alpha value is -0.340. The predicted molar refractivity (Wildman–Crippen MR) is 40.0 cm³/mol. The SMILES string of the molecule is CC=CC(CC1CO1)OC. The lowest BCUT2D eigenvalue weighted by atomic mass is 10.2. The van der Waals surface area contributed by atoms with Gasteiger partial charge in [-0.1, -0.05) is 12.2 Å². The Morgan fingerprint density at radius 2 is 2.50 bits per heavy atom. The van der Waals surface area contributed by atoms with E-state index < -0.39 is 0 Å². The minimum absolute atomic E-state index is 0.248. The van der Waals surface area contributed by atoms with E-state index in [2.05, 4.69) is 6.08 Å². The minimum Gasteiger partial charge on any atom is -0.377 e. The summed E-state index contributed by atoms with van der Waals surface area (Å²) in [5.74, 6) is 0. The molecule has 0 radical (unpaired) electrons. The quantitative estimate of drug-likeness (QED) is 0.437. The monoisotopic (exact) mass is 142 g/mol. The Balaban J connectivity index is 2.17. The molecule has 1 fully saturated rings. The summed E-state index contributed by atoms with van der Waals surface area (Å²) in [6.45, 7) is 2.91. The molecular weight excluding hydrogens is 128 g/mol. The third-order valence-corrected chi connectivity index (χ3v) is 1.61. The summed E-state index contributed by atoms with van der Waals surface area (Å²) in [5, 5.41) is 0. The summed E-state index contributed by atoms with van der Waals surface area (Å²) in [7, 11) is 1.73. The van der Waals surface area contributed by atoms with E-state index in [1.165, 1.54) is 0 Å². The number of rotatable bonds is 4. The summed E-state index contributed by atoms with van der Waals surface area (Å²) < 4.78 is 10.2. The molecule has 1 heterocycles. The molecule has 0 aromatic heterocycles. The van der Waals surface area contributed by atoms with Crippen molar-refractivity contribution in [1.82, 2.24) is 0 Å². The third-order valence-electron chi connectivity index (χ3n) is 1.61. The maximum Gasteiger partial charge on any atom is 0.0837 e. The zero-order valence-corrected chi connectivity index (χ0v) is 6.54. The highest BCUT2D eigenvalue weighted by atomic mass is 16.6. The van der Waals surface area contributed by atoms with Crippen LogP contribution < -0.4 is 0 Å². The first-order valence-corrected chi connectivity index (χ1v) is 3.64. The summed E-state index contributed by atoms with van der Waals surface area (Å²) in [6, 6.07) is 0. The van der Waals surface area contributed by atoms with Crippen LogP contribution in [0, 0.1) is 0 Å². The predicted octanol–water partition coefficient (Wildman–Crippen LogP) is 1.37. The highest BCUT2D eigenvalue weighted by molar-refractivity contribution is 4.90. The van der Waals surface area contributed by atoms with E-state index in [1.807, 2.05) is 13.0 Å². The van der Waals surface area contributed by atoms with Crippen molar-refractivity contribution in [2.75, 3.05) is 13.7 Å². The molecule has 0 aromatic rings. The zero-order chi connectivity index (χ0) is 7.40. The number of hydrogen-bond acceptors (Lipinski definition) is 2. The second-order valence-corrected chi connectivity index (χ2v) is 2.49. The fourth-order valence-electron chi connectivity index (χ4n) is 0.931. The fourth-order valence-corrected chi connectivity index (χ4v) is 0.931. The van der Waals surface area contributed by atoms with Crippen molar-refractivity contribution in [3.8, 4) is 0 Å². The highest BCUT2D eigenvalue weighted by Gasteiger charge is 2.25. The Morgan fingerprint density at radius 1 is 1.80 bits per heavy atom. The van der Waals surface area contributed by atoms with E-state index in [9.17, 15) is 0 Å². The Bertz CT molecular complexity index is 116. The first-order valence-electron chi connectivity index (χ1n) is 3.64. The van der Waals surface area contributed by atoms with Crippen molar-refractivity contribution in [2.24, 2.45) is 0 Å². The summed E-state index contributed by atoms with van der Waals surface area (Å²) in [6.07, 6.45) is 5.78. The first-order chi connectivity index (χ1) is 4.86. The largest absolute Gasteiger partial charge is 0.377 e. The van der Waals surface area contributed by atoms with Gasteiger partial charge in [0, 0.05) is 13.5 Å². The van der Waals surface area contributed by atoms with Crippen LogP contribution in [0.15, 0.2) is 12.2 Å². The molecule has 2 unspecified atom stereocenters. The van der Waals surface area contributed by atoms with Crippen LogP contribution in [0.2, 0.25) is 0 Å². The van der Waals surface area contributed by atoms with E-state index in [0.717, 1.165) is 13.0 Å². The molecule has 2 heteroatoms. The molecule has 0 spiro atoms. The van der Waals surface area contributed by atoms with Gasteiger partial charge in [-0.3, -0.25) is 0 Å². The molecule has 10 heavy (non-hydrogen) atoms. The van der Waals surface area contributed by atoms with E-state index in [-0.39, 0.29) is 6.10 Å². The number of epoxide rings is 1. The number of allylic oxidation sites excluding steroid dienone is 1. The molecule has 0 amide bonds. The lowest BCUT2D eigenvalue weighted by Gasteiger charge is -2.07. The van der Waals surface area contributed by atoms with Gasteiger partial charge in [-0.15, -0.1) is 0 Å². The number of methoxy groups -OCH3 is 1. The van der Waals surface area contributed by atoms with Gasteiger partial charge in [0.15, 0.2) is 0 Å². The molecule has 0 bridgehead atoms. The van der Waals surface area contributed by atoms with E-state index in [0.29, 0.717) is 6.10 Å². The van der Waals surface area contributed by atoms with Crippen LogP contribution in [0.3, 0.4) is 0 Å². The van der Waals surface area contributed by atoms with E-state index in [1.54, 1.807) is 7.11 Å². The van der Waals surface area contributed by atoms with Crippen molar-refractivity contribution in [3.63, 3.8) is 0 Å². The van der Waals surface area contributed by atoms with Crippen molar-refractivity contribution in [3.05, 3.63) is 12.2 Å². The van der Waals surface area contributed by atoms with E-state index >= 15 is 0 Å².